The molecule has 0 unspecified atom stereocenters. The molecular formula is C4H4N8O7. The Bertz CT molecular complexity index is 502. The van der Waals surface area contributed by atoms with Gasteiger partial charge in [0.2, 0.25) is 13.3 Å². The summed E-state index contributed by atoms with van der Waals surface area (Å²) in [6.07, 6.45) is 0. The van der Waals surface area contributed by atoms with E-state index in [2.05, 4.69) is 14.9 Å². The second-order valence-corrected chi connectivity index (χ2v) is 3.21. The van der Waals surface area contributed by atoms with Gasteiger partial charge in [-0.2, -0.15) is 0 Å². The van der Waals surface area contributed by atoms with Gasteiger partial charge in [0.1, 0.15) is 0 Å². The zero-order valence-electron chi connectivity index (χ0n) is 8.85. The number of aromatic nitrogens is 2. The van der Waals surface area contributed by atoms with Gasteiger partial charge in [-0.3, -0.25) is 0 Å². The smallest absolute Gasteiger partial charge is 0.240 e. The number of anilines is 2. The molecule has 102 valence electrons. The molecular weight excluding hydrogens is 272 g/mol. The first-order valence-electron chi connectivity index (χ1n) is 4.47. The lowest BCUT2D eigenvalue weighted by atomic mass is 10.6. The van der Waals surface area contributed by atoms with Crippen molar-refractivity contribution < 1.29 is 19.7 Å². The molecule has 0 amide bonds. The Morgan fingerprint density at radius 3 is 1.63 bits per heavy atom. The Morgan fingerprint density at radius 1 is 0.895 bits per heavy atom. The first-order chi connectivity index (χ1) is 8.91. The fourth-order valence-corrected chi connectivity index (χ4v) is 1.35. The van der Waals surface area contributed by atoms with Gasteiger partial charge in [-0.25, -0.2) is 35.0 Å². The zero-order valence-corrected chi connectivity index (χ0v) is 8.85. The van der Waals surface area contributed by atoms with Crippen LogP contribution in [0.15, 0.2) is 4.63 Å². The van der Waals surface area contributed by atoms with Crippen LogP contribution in [0.4, 0.5) is 11.6 Å². The zero-order chi connectivity index (χ0) is 14.2. The Balaban J connectivity index is 2.49. The number of nitrogens with zero attached hydrogens (tertiary/aromatic N) is 8. The number of fused-ring (bicyclic) bond motifs is 1. The monoisotopic (exact) mass is 276 g/mol. The van der Waals surface area contributed by atoms with Crippen LogP contribution in [0.2, 0.25) is 0 Å². The quantitative estimate of drug-likeness (QED) is 0.460. The molecule has 0 aliphatic carbocycles. The fourth-order valence-electron chi connectivity index (χ4n) is 1.35. The Kier molecular flexibility index (Phi) is 2.70. The van der Waals surface area contributed by atoms with Crippen LogP contribution in [-0.2, 0) is 0 Å². The first-order valence-corrected chi connectivity index (χ1v) is 4.47. The largest absolute Gasteiger partial charge is 0.289 e. The molecule has 0 aromatic carbocycles. The normalized spacial score (nSPS) is 14.8. The van der Waals surface area contributed by atoms with Gasteiger partial charge in [-0.1, -0.05) is 5.01 Å². The third kappa shape index (κ3) is 1.98. The van der Waals surface area contributed by atoms with Crippen LogP contribution >= 0.6 is 0 Å². The molecule has 0 fully saturated rings. The van der Waals surface area contributed by atoms with E-state index in [-0.39, 0.29) is 15.0 Å². The minimum absolute atomic E-state index is 0.220. The summed E-state index contributed by atoms with van der Waals surface area (Å²) in [5, 5.41) is 36.2. The van der Waals surface area contributed by atoms with Crippen molar-refractivity contribution in [3.05, 3.63) is 30.3 Å². The van der Waals surface area contributed by atoms with E-state index < -0.39 is 40.1 Å². The van der Waals surface area contributed by atoms with Gasteiger partial charge in [-0.05, 0) is 20.3 Å². The van der Waals surface area contributed by atoms with Gasteiger partial charge >= 0.3 is 0 Å². The molecule has 0 radical (unpaired) electrons. The Hall–Kier alpha value is -3.26. The van der Waals surface area contributed by atoms with Gasteiger partial charge in [-0.15, -0.1) is 0 Å². The van der Waals surface area contributed by atoms with Crippen LogP contribution in [-0.4, -0.2) is 43.8 Å². The molecule has 1 aromatic heterocycles. The summed E-state index contributed by atoms with van der Waals surface area (Å²) in [6.45, 7) is -1.71. The van der Waals surface area contributed by atoms with E-state index in [9.17, 15) is 30.3 Å². The highest BCUT2D eigenvalue weighted by Crippen LogP contribution is 2.28. The predicted octanol–water partition coefficient (Wildman–Crippen LogP) is -1.51. The van der Waals surface area contributed by atoms with Crippen LogP contribution in [0.3, 0.4) is 0 Å². The number of hydrogen-bond acceptors (Lipinski definition) is 9. The Morgan fingerprint density at radius 2 is 1.32 bits per heavy atom. The van der Waals surface area contributed by atoms with E-state index in [0.717, 1.165) is 0 Å². The second kappa shape index (κ2) is 4.20. The molecule has 1 aliphatic heterocycles. The maximum Gasteiger partial charge on any atom is 0.289 e. The van der Waals surface area contributed by atoms with Crippen molar-refractivity contribution in [3.8, 4) is 0 Å². The van der Waals surface area contributed by atoms with Crippen molar-refractivity contribution in [3.63, 3.8) is 0 Å². The van der Waals surface area contributed by atoms with E-state index in [4.69, 9.17) is 0 Å². The number of hydrazine groups is 3. The standard InChI is InChI=1S/C4H4N8O7/c13-10(14)7-1-8(11(15)16)3-4(6-19-5-3)9(2-7)12(17)18/h1-2H2. The average Bonchev–Trinajstić information content (AvgIpc) is 2.70. The molecule has 0 atom stereocenters. The van der Waals surface area contributed by atoms with Gasteiger partial charge in [0.05, 0.1) is 0 Å². The van der Waals surface area contributed by atoms with E-state index in [1.165, 1.54) is 0 Å². The van der Waals surface area contributed by atoms with Crippen LogP contribution in [0.1, 0.15) is 0 Å². The lowest BCUT2D eigenvalue weighted by Crippen LogP contribution is -2.47. The number of rotatable bonds is 3. The number of hydrogen-bond donors (Lipinski definition) is 0. The number of nitro groups is 3. The molecule has 1 aromatic rings. The topological polar surface area (TPSA) is 178 Å². The average molecular weight is 276 g/mol. The third-order valence-corrected chi connectivity index (χ3v) is 2.16. The second-order valence-electron chi connectivity index (χ2n) is 3.21. The summed E-state index contributed by atoms with van der Waals surface area (Å²) in [7, 11) is 0. The van der Waals surface area contributed by atoms with Gasteiger partial charge in [0.15, 0.2) is 15.1 Å². The minimum Gasteiger partial charge on any atom is -0.240 e. The summed E-state index contributed by atoms with van der Waals surface area (Å²) >= 11 is 0. The minimum atomic E-state index is -1.01. The molecule has 0 saturated carbocycles. The molecule has 2 heterocycles. The first kappa shape index (κ1) is 12.2. The summed E-state index contributed by atoms with van der Waals surface area (Å²) in [4.78, 5) is 32.3. The highest BCUT2D eigenvalue weighted by atomic mass is 16.7. The molecule has 0 spiro atoms. The van der Waals surface area contributed by atoms with Crippen molar-refractivity contribution in [2.24, 2.45) is 0 Å². The van der Waals surface area contributed by atoms with Crippen molar-refractivity contribution in [2.75, 3.05) is 23.4 Å². The van der Waals surface area contributed by atoms with Crippen molar-refractivity contribution in [2.45, 2.75) is 0 Å². The van der Waals surface area contributed by atoms with Crippen LogP contribution in [0.25, 0.3) is 0 Å². The third-order valence-electron chi connectivity index (χ3n) is 2.16. The molecule has 0 bridgehead atoms. The summed E-state index contributed by atoms with van der Waals surface area (Å²) in [6, 6.07) is 0. The fraction of sp³-hybridized carbons (Fsp3) is 0.500. The Labute approximate surface area is 101 Å². The van der Waals surface area contributed by atoms with Crippen LogP contribution < -0.4 is 10.0 Å². The van der Waals surface area contributed by atoms with E-state index >= 15 is 0 Å². The maximum absolute atomic E-state index is 10.8. The molecule has 19 heavy (non-hydrogen) atoms. The van der Waals surface area contributed by atoms with E-state index in [1.807, 2.05) is 0 Å². The van der Waals surface area contributed by atoms with Gasteiger partial charge in [0.25, 0.3) is 11.6 Å². The highest BCUT2D eigenvalue weighted by molar-refractivity contribution is 5.58. The molecule has 15 nitrogen and oxygen atoms in total. The van der Waals surface area contributed by atoms with Crippen molar-refractivity contribution in [1.82, 2.24) is 15.3 Å². The highest BCUT2D eigenvalue weighted by Gasteiger charge is 2.44. The van der Waals surface area contributed by atoms with E-state index in [1.54, 1.807) is 0 Å². The van der Waals surface area contributed by atoms with Crippen LogP contribution in [0.5, 0.6) is 0 Å². The summed E-state index contributed by atoms with van der Waals surface area (Å²) in [5.41, 5.74) is 0. The molecule has 15 heteroatoms. The van der Waals surface area contributed by atoms with Crippen molar-refractivity contribution >= 4 is 11.6 Å². The van der Waals surface area contributed by atoms with Gasteiger partial charge in [0, 0.05) is 0 Å². The molecule has 1 aliphatic rings. The molecule has 0 saturated heterocycles. The molecule has 0 N–H and O–H groups in total. The molecule has 2 rings (SSSR count). The summed E-state index contributed by atoms with van der Waals surface area (Å²) < 4.78 is 4.20. The lowest BCUT2D eigenvalue weighted by Gasteiger charge is -2.14. The van der Waals surface area contributed by atoms with Gasteiger partial charge < -0.3 is 0 Å². The van der Waals surface area contributed by atoms with E-state index in [0.29, 0.717) is 0 Å². The maximum atomic E-state index is 10.8. The van der Waals surface area contributed by atoms with Crippen molar-refractivity contribution in [1.29, 1.82) is 0 Å². The van der Waals surface area contributed by atoms with Crippen LogP contribution in [0, 0.1) is 30.3 Å². The SMILES string of the molecule is O=[N+]([O-])N1CN([N+](=O)[O-])c2nonc2N([N+](=O)[O-])C1. The lowest BCUT2D eigenvalue weighted by molar-refractivity contribution is -0.670. The predicted molar refractivity (Wildman–Crippen MR) is 51.8 cm³/mol. The summed E-state index contributed by atoms with van der Waals surface area (Å²) in [5.74, 6) is -1.18.